The molecule has 0 saturated heterocycles. The van der Waals surface area contributed by atoms with Crippen LogP contribution < -0.4 is 0 Å². The van der Waals surface area contributed by atoms with Gasteiger partial charge in [-0.2, -0.15) is 0 Å². The molecule has 104 valence electrons. The first-order chi connectivity index (χ1) is 9.08. The van der Waals surface area contributed by atoms with Crippen molar-refractivity contribution in [3.05, 3.63) is 18.7 Å². The number of rotatable bonds is 5. The van der Waals surface area contributed by atoms with E-state index in [-0.39, 0.29) is 17.7 Å². The predicted molar refractivity (Wildman–Crippen MR) is 68.3 cm³/mol. The number of hydrogen-bond acceptors (Lipinski definition) is 3. The van der Waals surface area contributed by atoms with E-state index in [0.29, 0.717) is 32.4 Å². The zero-order chi connectivity index (χ0) is 13.8. The zero-order valence-electron chi connectivity index (χ0n) is 11.0. The van der Waals surface area contributed by atoms with Crippen LogP contribution in [0.4, 0.5) is 0 Å². The zero-order valence-corrected chi connectivity index (χ0v) is 11.0. The van der Waals surface area contributed by atoms with Crippen molar-refractivity contribution in [1.82, 2.24) is 14.5 Å². The summed E-state index contributed by atoms with van der Waals surface area (Å²) in [6.45, 7) is 1.32. The van der Waals surface area contributed by atoms with Gasteiger partial charge in [0, 0.05) is 38.4 Å². The van der Waals surface area contributed by atoms with Gasteiger partial charge in [0.05, 0.1) is 12.2 Å². The molecular weight excluding hydrogens is 246 g/mol. The second-order valence-corrected chi connectivity index (χ2v) is 5.11. The van der Waals surface area contributed by atoms with E-state index in [1.807, 2.05) is 10.8 Å². The summed E-state index contributed by atoms with van der Waals surface area (Å²) in [5.41, 5.74) is 0. The van der Waals surface area contributed by atoms with E-state index in [0.717, 1.165) is 0 Å². The molecule has 2 atom stereocenters. The molecule has 1 aliphatic carbocycles. The number of nitrogens with zero attached hydrogens (tertiary/aromatic N) is 3. The summed E-state index contributed by atoms with van der Waals surface area (Å²) in [5.74, 6) is -1.20. The first kappa shape index (κ1) is 13.6. The van der Waals surface area contributed by atoms with Crippen LogP contribution in [-0.2, 0) is 16.1 Å². The molecule has 1 amide bonds. The van der Waals surface area contributed by atoms with Gasteiger partial charge in [0.1, 0.15) is 0 Å². The third-order valence-electron chi connectivity index (χ3n) is 3.76. The Morgan fingerprint density at radius 1 is 1.42 bits per heavy atom. The van der Waals surface area contributed by atoms with Crippen molar-refractivity contribution in [3.8, 4) is 0 Å². The Hall–Kier alpha value is -1.85. The van der Waals surface area contributed by atoms with Crippen molar-refractivity contribution < 1.29 is 14.7 Å². The molecule has 1 N–H and O–H groups in total. The maximum Gasteiger partial charge on any atom is 0.306 e. The van der Waals surface area contributed by atoms with Crippen LogP contribution in [0.15, 0.2) is 18.7 Å². The maximum atomic E-state index is 12.2. The largest absolute Gasteiger partial charge is 0.481 e. The Morgan fingerprint density at radius 3 is 2.74 bits per heavy atom. The lowest BCUT2D eigenvalue weighted by Crippen LogP contribution is -2.34. The molecule has 6 nitrogen and oxygen atoms in total. The molecule has 1 heterocycles. The van der Waals surface area contributed by atoms with Gasteiger partial charge in [-0.15, -0.1) is 0 Å². The lowest BCUT2D eigenvalue weighted by molar-refractivity contribution is -0.141. The molecule has 1 aromatic rings. The molecule has 2 rings (SSSR count). The predicted octanol–water partition coefficient (Wildman–Crippen LogP) is 0.842. The number of hydrogen-bond donors (Lipinski definition) is 1. The van der Waals surface area contributed by atoms with Crippen LogP contribution in [0.3, 0.4) is 0 Å². The second kappa shape index (κ2) is 5.86. The Bertz CT molecular complexity index is 444. The Balaban J connectivity index is 1.81. The molecule has 0 spiro atoms. The third kappa shape index (κ3) is 3.33. The smallest absolute Gasteiger partial charge is 0.306 e. The summed E-state index contributed by atoms with van der Waals surface area (Å²) in [4.78, 5) is 28.7. The first-order valence-electron chi connectivity index (χ1n) is 6.51. The lowest BCUT2D eigenvalue weighted by Gasteiger charge is -2.21. The summed E-state index contributed by atoms with van der Waals surface area (Å²) >= 11 is 0. The van der Waals surface area contributed by atoms with Gasteiger partial charge in [-0.25, -0.2) is 4.98 Å². The average Bonchev–Trinajstić information content (AvgIpc) is 3.05. The van der Waals surface area contributed by atoms with Gasteiger partial charge in [-0.05, 0) is 19.3 Å². The van der Waals surface area contributed by atoms with Gasteiger partial charge >= 0.3 is 5.97 Å². The minimum Gasteiger partial charge on any atom is -0.481 e. The number of imidazole rings is 1. The van der Waals surface area contributed by atoms with E-state index in [2.05, 4.69) is 4.98 Å². The van der Waals surface area contributed by atoms with Crippen molar-refractivity contribution in [1.29, 1.82) is 0 Å². The number of carboxylic acid groups (broad SMARTS) is 1. The fourth-order valence-electron chi connectivity index (χ4n) is 2.54. The highest BCUT2D eigenvalue weighted by Crippen LogP contribution is 2.32. The van der Waals surface area contributed by atoms with Crippen LogP contribution in [0.2, 0.25) is 0 Å². The maximum absolute atomic E-state index is 12.2. The molecule has 6 heteroatoms. The Labute approximate surface area is 112 Å². The fourth-order valence-corrected chi connectivity index (χ4v) is 2.54. The standard InChI is InChI=1S/C13H19N3O3/c1-15(6-7-16-5-4-14-9-16)12(17)10-2-3-11(8-10)13(18)19/h4-5,9-11H,2-3,6-8H2,1H3,(H,18,19)/t10-,11+/m0/s1. The van der Waals surface area contributed by atoms with Crippen molar-refractivity contribution in [2.24, 2.45) is 11.8 Å². The first-order valence-corrected chi connectivity index (χ1v) is 6.51. The van der Waals surface area contributed by atoms with Gasteiger partial charge in [0.25, 0.3) is 0 Å². The number of aliphatic carboxylic acids is 1. The molecule has 1 aromatic heterocycles. The average molecular weight is 265 g/mol. The number of carbonyl (C=O) groups is 2. The highest BCUT2D eigenvalue weighted by atomic mass is 16.4. The van der Waals surface area contributed by atoms with Crippen molar-refractivity contribution in [2.45, 2.75) is 25.8 Å². The van der Waals surface area contributed by atoms with Gasteiger partial charge in [0.2, 0.25) is 5.91 Å². The van der Waals surface area contributed by atoms with Gasteiger partial charge in [0.15, 0.2) is 0 Å². The fraction of sp³-hybridized carbons (Fsp3) is 0.615. The molecule has 0 unspecified atom stereocenters. The molecule has 0 aliphatic heterocycles. The van der Waals surface area contributed by atoms with E-state index in [1.54, 1.807) is 24.5 Å². The molecule has 0 bridgehead atoms. The molecule has 0 aromatic carbocycles. The van der Waals surface area contributed by atoms with Gasteiger partial charge in [-0.1, -0.05) is 0 Å². The van der Waals surface area contributed by atoms with E-state index < -0.39 is 5.97 Å². The summed E-state index contributed by atoms with van der Waals surface area (Å²) < 4.78 is 1.92. The highest BCUT2D eigenvalue weighted by Gasteiger charge is 2.34. The van der Waals surface area contributed by atoms with Crippen molar-refractivity contribution in [2.75, 3.05) is 13.6 Å². The van der Waals surface area contributed by atoms with E-state index in [4.69, 9.17) is 5.11 Å². The topological polar surface area (TPSA) is 75.4 Å². The monoisotopic (exact) mass is 265 g/mol. The Morgan fingerprint density at radius 2 is 2.16 bits per heavy atom. The molecule has 1 saturated carbocycles. The molecular formula is C13H19N3O3. The van der Waals surface area contributed by atoms with Crippen LogP contribution in [0.5, 0.6) is 0 Å². The summed E-state index contributed by atoms with van der Waals surface area (Å²) in [6.07, 6.45) is 7.05. The van der Waals surface area contributed by atoms with Crippen LogP contribution >= 0.6 is 0 Å². The van der Waals surface area contributed by atoms with Gasteiger partial charge in [-0.3, -0.25) is 9.59 Å². The summed E-state index contributed by atoms with van der Waals surface area (Å²) in [5, 5.41) is 8.94. The molecule has 19 heavy (non-hydrogen) atoms. The minimum atomic E-state index is -0.781. The number of amides is 1. The van der Waals surface area contributed by atoms with E-state index in [9.17, 15) is 9.59 Å². The SMILES string of the molecule is CN(CCn1ccnc1)C(=O)[C@H]1CC[C@@H](C(=O)O)C1. The van der Waals surface area contributed by atoms with Crippen LogP contribution in [0.1, 0.15) is 19.3 Å². The summed E-state index contributed by atoms with van der Waals surface area (Å²) in [7, 11) is 1.77. The molecule has 1 aliphatic rings. The third-order valence-corrected chi connectivity index (χ3v) is 3.76. The quantitative estimate of drug-likeness (QED) is 0.856. The minimum absolute atomic E-state index is 0.0591. The number of likely N-dealkylation sites (N-methyl/N-ethyl adjacent to an activating group) is 1. The highest BCUT2D eigenvalue weighted by molar-refractivity contribution is 5.80. The second-order valence-electron chi connectivity index (χ2n) is 5.11. The normalized spacial score (nSPS) is 22.4. The number of carbonyl (C=O) groups excluding carboxylic acids is 1. The van der Waals surface area contributed by atoms with E-state index in [1.165, 1.54) is 0 Å². The van der Waals surface area contributed by atoms with Crippen molar-refractivity contribution in [3.63, 3.8) is 0 Å². The molecule has 1 fully saturated rings. The molecule has 0 radical (unpaired) electrons. The van der Waals surface area contributed by atoms with Gasteiger partial charge < -0.3 is 14.6 Å². The van der Waals surface area contributed by atoms with Crippen molar-refractivity contribution >= 4 is 11.9 Å². The summed E-state index contributed by atoms with van der Waals surface area (Å²) in [6, 6.07) is 0. The van der Waals surface area contributed by atoms with Crippen LogP contribution in [-0.4, -0.2) is 45.0 Å². The van der Waals surface area contributed by atoms with Crippen LogP contribution in [0, 0.1) is 11.8 Å². The number of carboxylic acids is 1. The number of aromatic nitrogens is 2. The lowest BCUT2D eigenvalue weighted by atomic mass is 10.0. The Kier molecular flexibility index (Phi) is 4.19. The van der Waals surface area contributed by atoms with Crippen LogP contribution in [0.25, 0.3) is 0 Å². The van der Waals surface area contributed by atoms with E-state index >= 15 is 0 Å².